The van der Waals surface area contributed by atoms with Crippen LogP contribution in [0.25, 0.3) is 6.08 Å². The molecule has 0 fully saturated rings. The van der Waals surface area contributed by atoms with E-state index in [-0.39, 0.29) is 6.61 Å². The van der Waals surface area contributed by atoms with Gasteiger partial charge in [0.05, 0.1) is 18.4 Å². The highest BCUT2D eigenvalue weighted by atomic mass is 16.3. The first-order valence-electron chi connectivity index (χ1n) is 3.49. The van der Waals surface area contributed by atoms with E-state index in [1.165, 1.54) is 6.08 Å². The molecule has 60 valence electrons. The normalized spacial score (nSPS) is 10.0. The van der Waals surface area contributed by atoms with Crippen LogP contribution in [0.1, 0.15) is 11.3 Å². The average molecular weight is 160 g/mol. The topological polar surface area (TPSA) is 56.9 Å². The van der Waals surface area contributed by atoms with Crippen molar-refractivity contribution in [3.8, 4) is 6.07 Å². The standard InChI is InChI=1S/C9H8N2O/c10-5-1-2-8-3-4-9(7-12)11-6-8/h1-4,6,12H,7H2. The molecule has 0 aliphatic rings. The number of rotatable bonds is 2. The number of pyridine rings is 1. The van der Waals surface area contributed by atoms with Crippen molar-refractivity contribution < 1.29 is 5.11 Å². The van der Waals surface area contributed by atoms with Crippen LogP contribution in [-0.4, -0.2) is 10.1 Å². The second-order valence-electron chi connectivity index (χ2n) is 2.20. The smallest absolute Gasteiger partial charge is 0.0912 e. The van der Waals surface area contributed by atoms with Crippen molar-refractivity contribution in [3.63, 3.8) is 0 Å². The summed E-state index contributed by atoms with van der Waals surface area (Å²) >= 11 is 0. The van der Waals surface area contributed by atoms with Crippen LogP contribution in [0.15, 0.2) is 24.4 Å². The lowest BCUT2D eigenvalue weighted by Crippen LogP contribution is -1.87. The first-order valence-corrected chi connectivity index (χ1v) is 3.49. The van der Waals surface area contributed by atoms with Crippen molar-refractivity contribution in [2.45, 2.75) is 6.61 Å². The molecule has 1 aromatic heterocycles. The average Bonchev–Trinajstić information content (AvgIpc) is 2.15. The molecule has 1 aromatic rings. The Morgan fingerprint density at radius 3 is 2.92 bits per heavy atom. The third-order valence-corrected chi connectivity index (χ3v) is 1.36. The van der Waals surface area contributed by atoms with Gasteiger partial charge in [0.25, 0.3) is 0 Å². The molecule has 1 rings (SSSR count). The SMILES string of the molecule is N#CC=Cc1ccc(CO)nc1. The fraction of sp³-hybridized carbons (Fsp3) is 0.111. The van der Waals surface area contributed by atoms with E-state index in [0.717, 1.165) is 5.56 Å². The largest absolute Gasteiger partial charge is 0.390 e. The number of hydrogen-bond donors (Lipinski definition) is 1. The summed E-state index contributed by atoms with van der Waals surface area (Å²) in [6.45, 7) is -0.0533. The van der Waals surface area contributed by atoms with Gasteiger partial charge >= 0.3 is 0 Å². The van der Waals surface area contributed by atoms with Crippen molar-refractivity contribution in [2.75, 3.05) is 0 Å². The van der Waals surface area contributed by atoms with Gasteiger partial charge in [-0.1, -0.05) is 6.07 Å². The second-order valence-corrected chi connectivity index (χ2v) is 2.20. The monoisotopic (exact) mass is 160 g/mol. The van der Waals surface area contributed by atoms with Crippen LogP contribution in [0, 0.1) is 11.3 Å². The minimum absolute atomic E-state index is 0.0533. The summed E-state index contributed by atoms with van der Waals surface area (Å²) in [6.07, 6.45) is 4.66. The molecule has 0 bridgehead atoms. The van der Waals surface area contributed by atoms with Crippen LogP contribution in [0.5, 0.6) is 0 Å². The summed E-state index contributed by atoms with van der Waals surface area (Å²) in [5.41, 5.74) is 1.48. The number of aliphatic hydroxyl groups excluding tert-OH is 1. The molecule has 3 nitrogen and oxygen atoms in total. The molecule has 12 heavy (non-hydrogen) atoms. The zero-order chi connectivity index (χ0) is 8.81. The molecule has 3 heteroatoms. The van der Waals surface area contributed by atoms with E-state index in [1.807, 2.05) is 6.07 Å². The lowest BCUT2D eigenvalue weighted by Gasteiger charge is -1.94. The van der Waals surface area contributed by atoms with E-state index in [4.69, 9.17) is 10.4 Å². The first-order chi connectivity index (χ1) is 5.86. The fourth-order valence-electron chi connectivity index (χ4n) is 0.762. The van der Waals surface area contributed by atoms with E-state index in [1.54, 1.807) is 24.4 Å². The van der Waals surface area contributed by atoms with Gasteiger partial charge in [-0.2, -0.15) is 5.26 Å². The molecule has 0 aliphatic heterocycles. The van der Waals surface area contributed by atoms with Gasteiger partial charge in [-0.05, 0) is 17.7 Å². The summed E-state index contributed by atoms with van der Waals surface area (Å²) in [4.78, 5) is 3.94. The third-order valence-electron chi connectivity index (χ3n) is 1.36. The van der Waals surface area contributed by atoms with Gasteiger partial charge < -0.3 is 5.11 Å². The van der Waals surface area contributed by atoms with Crippen LogP contribution in [0.2, 0.25) is 0 Å². The lowest BCUT2D eigenvalue weighted by atomic mass is 10.2. The zero-order valence-electron chi connectivity index (χ0n) is 6.44. The van der Waals surface area contributed by atoms with Crippen LogP contribution in [-0.2, 0) is 6.61 Å². The quantitative estimate of drug-likeness (QED) is 0.659. The fourth-order valence-corrected chi connectivity index (χ4v) is 0.762. The molecule has 0 radical (unpaired) electrons. The zero-order valence-corrected chi connectivity index (χ0v) is 6.44. The van der Waals surface area contributed by atoms with Crippen molar-refractivity contribution in [1.29, 1.82) is 5.26 Å². The van der Waals surface area contributed by atoms with E-state index in [9.17, 15) is 0 Å². The molecule has 0 unspecified atom stereocenters. The second kappa shape index (κ2) is 4.27. The third kappa shape index (κ3) is 2.19. The number of nitriles is 1. The first kappa shape index (κ1) is 8.44. The van der Waals surface area contributed by atoms with Crippen molar-refractivity contribution >= 4 is 6.08 Å². The minimum Gasteiger partial charge on any atom is -0.390 e. The molecule has 0 spiro atoms. The predicted molar refractivity (Wildman–Crippen MR) is 44.8 cm³/mol. The van der Waals surface area contributed by atoms with Crippen LogP contribution in [0.4, 0.5) is 0 Å². The summed E-state index contributed by atoms with van der Waals surface area (Å²) in [5.74, 6) is 0. The van der Waals surface area contributed by atoms with Gasteiger partial charge in [0.15, 0.2) is 0 Å². The molecule has 0 aliphatic carbocycles. The number of allylic oxidation sites excluding steroid dienone is 1. The Bertz CT molecular complexity index is 308. The highest BCUT2D eigenvalue weighted by molar-refractivity contribution is 5.50. The van der Waals surface area contributed by atoms with Crippen LogP contribution >= 0.6 is 0 Å². The lowest BCUT2D eigenvalue weighted by molar-refractivity contribution is 0.277. The Labute approximate surface area is 70.6 Å². The van der Waals surface area contributed by atoms with Gasteiger partial charge in [-0.15, -0.1) is 0 Å². The van der Waals surface area contributed by atoms with Gasteiger partial charge in [0, 0.05) is 12.3 Å². The maximum absolute atomic E-state index is 8.67. The Morgan fingerprint density at radius 1 is 1.58 bits per heavy atom. The molecule has 0 saturated heterocycles. The number of aliphatic hydroxyl groups is 1. The van der Waals surface area contributed by atoms with Crippen LogP contribution < -0.4 is 0 Å². The van der Waals surface area contributed by atoms with E-state index < -0.39 is 0 Å². The molecular weight excluding hydrogens is 152 g/mol. The summed E-state index contributed by atoms with van der Waals surface area (Å²) in [6, 6.07) is 5.40. The van der Waals surface area contributed by atoms with Gasteiger partial charge in [0.1, 0.15) is 0 Å². The number of hydrogen-bond acceptors (Lipinski definition) is 3. The van der Waals surface area contributed by atoms with Gasteiger partial charge in [-0.3, -0.25) is 4.98 Å². The molecule has 0 atom stereocenters. The van der Waals surface area contributed by atoms with Gasteiger partial charge in [-0.25, -0.2) is 0 Å². The van der Waals surface area contributed by atoms with E-state index in [2.05, 4.69) is 4.98 Å². The van der Waals surface area contributed by atoms with E-state index >= 15 is 0 Å². The molecule has 0 amide bonds. The van der Waals surface area contributed by atoms with E-state index in [0.29, 0.717) is 5.69 Å². The Kier molecular flexibility index (Phi) is 3.00. The predicted octanol–water partition coefficient (Wildman–Crippen LogP) is 1.11. The number of nitrogens with zero attached hydrogens (tertiary/aromatic N) is 2. The van der Waals surface area contributed by atoms with Crippen molar-refractivity contribution in [3.05, 3.63) is 35.7 Å². The summed E-state index contributed by atoms with van der Waals surface area (Å²) in [7, 11) is 0. The molecule has 1 heterocycles. The summed E-state index contributed by atoms with van der Waals surface area (Å²) in [5, 5.41) is 16.9. The highest BCUT2D eigenvalue weighted by Gasteiger charge is 1.90. The molecule has 1 N–H and O–H groups in total. The molecular formula is C9H8N2O. The van der Waals surface area contributed by atoms with Crippen LogP contribution in [0.3, 0.4) is 0 Å². The minimum atomic E-state index is -0.0533. The maximum Gasteiger partial charge on any atom is 0.0912 e. The summed E-state index contributed by atoms with van der Waals surface area (Å²) < 4.78 is 0. The Balaban J connectivity index is 2.79. The number of aromatic nitrogens is 1. The maximum atomic E-state index is 8.67. The highest BCUT2D eigenvalue weighted by Crippen LogP contribution is 2.01. The molecule has 0 saturated carbocycles. The van der Waals surface area contributed by atoms with Gasteiger partial charge in [0.2, 0.25) is 0 Å². The Morgan fingerprint density at radius 2 is 2.42 bits per heavy atom. The van der Waals surface area contributed by atoms with Crippen molar-refractivity contribution in [2.24, 2.45) is 0 Å². The Hall–Kier alpha value is -1.66. The molecule has 0 aromatic carbocycles. The van der Waals surface area contributed by atoms with Crippen molar-refractivity contribution in [1.82, 2.24) is 4.98 Å².